The molecule has 1 N–H and O–H groups in total. The average molecular weight is 269 g/mol. The van der Waals surface area contributed by atoms with Crippen LogP contribution in [-0.2, 0) is 0 Å². The van der Waals surface area contributed by atoms with Crippen molar-refractivity contribution < 1.29 is 0 Å². The summed E-state index contributed by atoms with van der Waals surface area (Å²) in [5.41, 5.74) is 1.12. The number of hydrogen-bond donors (Lipinski definition) is 1. The van der Waals surface area contributed by atoms with E-state index in [1.165, 1.54) is 32.1 Å². The summed E-state index contributed by atoms with van der Waals surface area (Å²) < 4.78 is 1.04. The van der Waals surface area contributed by atoms with Crippen LogP contribution in [0.2, 0.25) is 0 Å². The van der Waals surface area contributed by atoms with Crippen molar-refractivity contribution in [2.45, 2.75) is 32.1 Å². The highest BCUT2D eigenvalue weighted by atomic mass is 79.9. The number of nitrogens with zero attached hydrogens (tertiary/aromatic N) is 1. The number of halogens is 1. The average Bonchev–Trinajstić information content (AvgIpc) is 2.28. The number of anilines is 1. The van der Waals surface area contributed by atoms with Gasteiger partial charge in [0.15, 0.2) is 0 Å². The summed E-state index contributed by atoms with van der Waals surface area (Å²) in [5, 5.41) is 3.46. The fourth-order valence-corrected chi connectivity index (χ4v) is 2.53. The van der Waals surface area contributed by atoms with Crippen LogP contribution in [0.4, 0.5) is 5.69 Å². The van der Waals surface area contributed by atoms with Gasteiger partial charge in [0, 0.05) is 17.2 Å². The Morgan fingerprint density at radius 3 is 2.80 bits per heavy atom. The van der Waals surface area contributed by atoms with Crippen molar-refractivity contribution in [2.24, 2.45) is 5.92 Å². The Morgan fingerprint density at radius 2 is 2.07 bits per heavy atom. The first kappa shape index (κ1) is 10.9. The molecule has 3 heteroatoms. The maximum atomic E-state index is 4.14. The van der Waals surface area contributed by atoms with Crippen LogP contribution in [0.3, 0.4) is 0 Å². The van der Waals surface area contributed by atoms with Gasteiger partial charge in [-0.2, -0.15) is 0 Å². The van der Waals surface area contributed by atoms with Crippen molar-refractivity contribution in [1.82, 2.24) is 4.98 Å². The highest BCUT2D eigenvalue weighted by Crippen LogP contribution is 2.24. The lowest BCUT2D eigenvalue weighted by molar-refractivity contribution is 0.373. The minimum atomic E-state index is 0.859. The van der Waals surface area contributed by atoms with Crippen molar-refractivity contribution in [1.29, 1.82) is 0 Å². The first-order chi connectivity index (χ1) is 7.34. The second-order valence-corrected chi connectivity index (χ2v) is 5.19. The van der Waals surface area contributed by atoms with Gasteiger partial charge < -0.3 is 5.32 Å². The van der Waals surface area contributed by atoms with Gasteiger partial charge in [-0.15, -0.1) is 0 Å². The van der Waals surface area contributed by atoms with E-state index in [0.717, 1.165) is 22.6 Å². The van der Waals surface area contributed by atoms with E-state index in [1.54, 1.807) is 0 Å². The smallest absolute Gasteiger partial charge is 0.0538 e. The quantitative estimate of drug-likeness (QED) is 0.901. The summed E-state index contributed by atoms with van der Waals surface area (Å²) in [6.45, 7) is 1.10. The SMILES string of the molecule is Brc1cncc(NCC2CCCCC2)c1. The van der Waals surface area contributed by atoms with Gasteiger partial charge in [0.25, 0.3) is 0 Å². The lowest BCUT2D eigenvalue weighted by atomic mass is 9.89. The minimum Gasteiger partial charge on any atom is -0.383 e. The predicted octanol–water partition coefficient (Wildman–Crippen LogP) is 3.84. The third-order valence-corrected chi connectivity index (χ3v) is 3.46. The maximum absolute atomic E-state index is 4.14. The van der Waals surface area contributed by atoms with Crippen molar-refractivity contribution >= 4 is 21.6 Å². The van der Waals surface area contributed by atoms with E-state index < -0.39 is 0 Å². The number of hydrogen-bond acceptors (Lipinski definition) is 2. The molecule has 0 saturated heterocycles. The third-order valence-electron chi connectivity index (χ3n) is 3.02. The minimum absolute atomic E-state index is 0.859. The van der Waals surface area contributed by atoms with Gasteiger partial charge in [-0.05, 0) is 40.8 Å². The van der Waals surface area contributed by atoms with Crippen molar-refractivity contribution in [3.63, 3.8) is 0 Å². The highest BCUT2D eigenvalue weighted by Gasteiger charge is 2.12. The first-order valence-electron chi connectivity index (χ1n) is 5.69. The zero-order chi connectivity index (χ0) is 10.5. The molecular weight excluding hydrogens is 252 g/mol. The van der Waals surface area contributed by atoms with Crippen LogP contribution >= 0.6 is 15.9 Å². The molecule has 0 unspecified atom stereocenters. The topological polar surface area (TPSA) is 24.9 Å². The van der Waals surface area contributed by atoms with Crippen LogP contribution in [0.15, 0.2) is 22.9 Å². The molecular formula is C12H17BrN2. The summed E-state index contributed by atoms with van der Waals surface area (Å²) in [7, 11) is 0. The Morgan fingerprint density at radius 1 is 1.27 bits per heavy atom. The second-order valence-electron chi connectivity index (χ2n) is 4.28. The van der Waals surface area contributed by atoms with Gasteiger partial charge in [0.05, 0.1) is 11.9 Å². The number of pyridine rings is 1. The van der Waals surface area contributed by atoms with Gasteiger partial charge >= 0.3 is 0 Å². The number of rotatable bonds is 3. The van der Waals surface area contributed by atoms with Gasteiger partial charge in [-0.25, -0.2) is 0 Å². The van der Waals surface area contributed by atoms with Crippen molar-refractivity contribution in [3.8, 4) is 0 Å². The zero-order valence-electron chi connectivity index (χ0n) is 8.88. The Kier molecular flexibility index (Phi) is 4.01. The number of aromatic nitrogens is 1. The Balaban J connectivity index is 1.81. The molecule has 1 saturated carbocycles. The van der Waals surface area contributed by atoms with Crippen LogP contribution in [0, 0.1) is 5.92 Å². The van der Waals surface area contributed by atoms with Crippen LogP contribution in [0.25, 0.3) is 0 Å². The largest absolute Gasteiger partial charge is 0.383 e. The Bertz CT molecular complexity index is 308. The molecule has 1 aliphatic rings. The number of nitrogens with one attached hydrogen (secondary N) is 1. The molecule has 0 bridgehead atoms. The summed E-state index contributed by atoms with van der Waals surface area (Å²) >= 11 is 3.43. The predicted molar refractivity (Wildman–Crippen MR) is 67.0 cm³/mol. The maximum Gasteiger partial charge on any atom is 0.0538 e. The van der Waals surface area contributed by atoms with Gasteiger partial charge in [-0.3, -0.25) is 4.98 Å². The van der Waals surface area contributed by atoms with E-state index in [1.807, 2.05) is 12.4 Å². The molecule has 0 radical (unpaired) electrons. The van der Waals surface area contributed by atoms with E-state index in [2.05, 4.69) is 32.3 Å². The molecule has 0 aliphatic heterocycles. The molecule has 0 amide bonds. The van der Waals surface area contributed by atoms with E-state index in [4.69, 9.17) is 0 Å². The fraction of sp³-hybridized carbons (Fsp3) is 0.583. The molecule has 1 heterocycles. The molecule has 2 rings (SSSR count). The molecule has 0 aromatic carbocycles. The molecule has 15 heavy (non-hydrogen) atoms. The molecule has 1 aliphatic carbocycles. The first-order valence-corrected chi connectivity index (χ1v) is 6.48. The fourth-order valence-electron chi connectivity index (χ4n) is 2.16. The van der Waals surface area contributed by atoms with E-state index >= 15 is 0 Å². The summed E-state index contributed by atoms with van der Waals surface area (Å²) in [6.07, 6.45) is 10.7. The summed E-state index contributed by atoms with van der Waals surface area (Å²) in [6, 6.07) is 2.08. The van der Waals surface area contributed by atoms with Crippen LogP contribution in [-0.4, -0.2) is 11.5 Å². The normalized spacial score (nSPS) is 17.7. The molecule has 1 fully saturated rings. The van der Waals surface area contributed by atoms with Crippen molar-refractivity contribution in [3.05, 3.63) is 22.9 Å². The van der Waals surface area contributed by atoms with Crippen molar-refractivity contribution in [2.75, 3.05) is 11.9 Å². The highest BCUT2D eigenvalue weighted by molar-refractivity contribution is 9.10. The van der Waals surface area contributed by atoms with E-state index in [-0.39, 0.29) is 0 Å². The van der Waals surface area contributed by atoms with Gasteiger partial charge in [0.2, 0.25) is 0 Å². The summed E-state index contributed by atoms with van der Waals surface area (Å²) in [5.74, 6) is 0.859. The molecule has 1 aromatic rings. The Hall–Kier alpha value is -0.570. The molecule has 82 valence electrons. The van der Waals surface area contributed by atoms with E-state index in [0.29, 0.717) is 0 Å². The van der Waals surface area contributed by atoms with Gasteiger partial charge in [0.1, 0.15) is 0 Å². The van der Waals surface area contributed by atoms with Crippen LogP contribution in [0.5, 0.6) is 0 Å². The Labute approximate surface area is 99.6 Å². The van der Waals surface area contributed by atoms with Crippen LogP contribution in [0.1, 0.15) is 32.1 Å². The lowest BCUT2D eigenvalue weighted by Gasteiger charge is -2.22. The molecule has 1 aromatic heterocycles. The third kappa shape index (κ3) is 3.49. The summed E-state index contributed by atoms with van der Waals surface area (Å²) in [4.78, 5) is 4.14. The molecule has 2 nitrogen and oxygen atoms in total. The second kappa shape index (κ2) is 5.50. The zero-order valence-corrected chi connectivity index (χ0v) is 10.5. The monoisotopic (exact) mass is 268 g/mol. The van der Waals surface area contributed by atoms with Gasteiger partial charge in [-0.1, -0.05) is 19.3 Å². The van der Waals surface area contributed by atoms with E-state index in [9.17, 15) is 0 Å². The molecule has 0 atom stereocenters. The lowest BCUT2D eigenvalue weighted by Crippen LogP contribution is -2.17. The van der Waals surface area contributed by atoms with Crippen LogP contribution < -0.4 is 5.32 Å². The molecule has 0 spiro atoms. The standard InChI is InChI=1S/C12H17BrN2/c13-11-6-12(9-14-8-11)15-7-10-4-2-1-3-5-10/h6,8-10,15H,1-5,7H2.